The van der Waals surface area contributed by atoms with Crippen LogP contribution in [-0.4, -0.2) is 9.24 Å². The van der Waals surface area contributed by atoms with Gasteiger partial charge in [-0.1, -0.05) is 32.0 Å². The maximum Gasteiger partial charge on any atom is 0.433 e. The van der Waals surface area contributed by atoms with Crippen LogP contribution in [0.25, 0.3) is 5.69 Å². The van der Waals surface area contributed by atoms with Crippen LogP contribution in [0.15, 0.2) is 58.1 Å². The Hall–Kier alpha value is -4.07. The molecule has 0 spiro atoms. The molecule has 162 valence electrons. The Labute approximate surface area is 173 Å². The topological polar surface area (TPSA) is 103 Å². The van der Waals surface area contributed by atoms with Gasteiger partial charge in [0.05, 0.1) is 11.3 Å². The molecule has 1 aromatic heterocycles. The van der Waals surface area contributed by atoms with E-state index in [1.54, 1.807) is 24.3 Å². The van der Waals surface area contributed by atoms with Crippen molar-refractivity contribution in [3.63, 3.8) is 0 Å². The first-order valence-corrected chi connectivity index (χ1v) is 8.81. The highest BCUT2D eigenvalue weighted by Crippen LogP contribution is 2.29. The maximum absolute atomic E-state index is 14.5. The van der Waals surface area contributed by atoms with Gasteiger partial charge in [-0.05, 0) is 18.2 Å². The summed E-state index contributed by atoms with van der Waals surface area (Å²) >= 11 is 0. The zero-order valence-corrected chi connectivity index (χ0v) is 16.3. The predicted octanol–water partition coefficient (Wildman–Crippen LogP) is 3.56. The second-order valence-electron chi connectivity index (χ2n) is 5.68. The number of aromatic nitrogens is 2. The molecule has 0 radical (unpaired) electrons. The van der Waals surface area contributed by atoms with Gasteiger partial charge in [-0.25, -0.2) is 18.4 Å². The van der Waals surface area contributed by atoms with Crippen LogP contribution < -0.4 is 21.8 Å². The molecular weight excluding hydrogens is 420 g/mol. The molecule has 2 aromatic carbocycles. The smallest absolute Gasteiger partial charge is 0.433 e. The van der Waals surface area contributed by atoms with E-state index in [2.05, 4.69) is 0 Å². The summed E-state index contributed by atoms with van der Waals surface area (Å²) in [6, 6.07) is 11.3. The van der Waals surface area contributed by atoms with Gasteiger partial charge in [-0.2, -0.15) is 18.4 Å². The normalized spacial score (nSPS) is 10.6. The summed E-state index contributed by atoms with van der Waals surface area (Å²) in [5.74, 6) is 4.00. The lowest BCUT2D eigenvalue weighted by Crippen LogP contribution is -2.45. The first-order valence-electron chi connectivity index (χ1n) is 8.81. The minimum atomic E-state index is -5.07. The van der Waals surface area contributed by atoms with Crippen LogP contribution in [0.1, 0.15) is 25.1 Å². The first kappa shape index (κ1) is 23.2. The molecule has 1 heterocycles. The summed E-state index contributed by atoms with van der Waals surface area (Å²) in [5.41, 5.74) is -5.77. The fourth-order valence-corrected chi connectivity index (χ4v) is 2.50. The van der Waals surface area contributed by atoms with Crippen molar-refractivity contribution in [1.82, 2.24) is 9.24 Å². The molecule has 0 aliphatic rings. The molecule has 0 saturated heterocycles. The molecule has 31 heavy (non-hydrogen) atoms. The Morgan fingerprint density at radius 3 is 2.23 bits per heavy atom. The predicted molar refractivity (Wildman–Crippen MR) is 104 cm³/mol. The molecule has 11 heteroatoms. The molecule has 7 nitrogen and oxygen atoms in total. The zero-order chi connectivity index (χ0) is 23.3. The highest BCUT2D eigenvalue weighted by atomic mass is 19.4. The number of hydrogen-bond acceptors (Lipinski definition) is 5. The first-order chi connectivity index (χ1) is 14.6. The van der Waals surface area contributed by atoms with Crippen molar-refractivity contribution >= 4 is 0 Å². The van der Waals surface area contributed by atoms with Gasteiger partial charge in [0.2, 0.25) is 0 Å². The number of nitrogens with zero attached hydrogens (tertiary/aromatic N) is 3. The molecule has 0 aliphatic heterocycles. The van der Waals surface area contributed by atoms with Crippen molar-refractivity contribution in [2.45, 2.75) is 20.0 Å². The minimum Gasteiger partial charge on any atom is -0.456 e. The van der Waals surface area contributed by atoms with Crippen LogP contribution in [0.5, 0.6) is 11.5 Å². The lowest BCUT2D eigenvalue weighted by Gasteiger charge is -2.15. The fourth-order valence-electron chi connectivity index (χ4n) is 2.50. The van der Waals surface area contributed by atoms with Gasteiger partial charge in [0.1, 0.15) is 23.4 Å². The highest BCUT2D eigenvalue weighted by Gasteiger charge is 2.36. The van der Waals surface area contributed by atoms with E-state index in [9.17, 15) is 32.4 Å². The van der Waals surface area contributed by atoms with E-state index in [1.165, 1.54) is 12.1 Å². The molecule has 0 atom stereocenters. The average molecular weight is 436 g/mol. The quantitative estimate of drug-likeness (QED) is 0.500. The van der Waals surface area contributed by atoms with Crippen molar-refractivity contribution in [2.24, 2.45) is 0 Å². The molecule has 0 unspecified atom stereocenters. The van der Waals surface area contributed by atoms with Gasteiger partial charge < -0.3 is 10.6 Å². The van der Waals surface area contributed by atoms with Crippen LogP contribution in [-0.2, 0) is 6.18 Å². The summed E-state index contributed by atoms with van der Waals surface area (Å²) < 4.78 is 58.5. The Morgan fingerprint density at radius 2 is 1.68 bits per heavy atom. The summed E-state index contributed by atoms with van der Waals surface area (Å²) in [7, 11) is 0. The number of nitrogens with two attached hydrogens (primary N) is 1. The molecule has 0 aliphatic carbocycles. The molecule has 3 rings (SSSR count). The lowest BCUT2D eigenvalue weighted by atomic mass is 10.1. The minimum absolute atomic E-state index is 0.0662. The number of halogens is 4. The standard InChI is InChI=1S/C18H10F4N4O3.C2H6/c19-12-6-10(9-23)14(29-11-4-2-1-3-5-11)7-13(12)25-16(27)8-15(18(20,21)22)26(24)17(25)28;1-2/h1-8H,24H2;1-2H3. The van der Waals surface area contributed by atoms with Gasteiger partial charge in [-0.3, -0.25) is 4.79 Å². The Kier molecular flexibility index (Phi) is 6.86. The number of alkyl halides is 3. The Balaban J connectivity index is 0.00000166. The molecule has 0 amide bonds. The van der Waals surface area contributed by atoms with E-state index in [4.69, 9.17) is 10.6 Å². The number of nitrogen functional groups attached to an aromatic ring is 1. The van der Waals surface area contributed by atoms with Crippen LogP contribution in [0.2, 0.25) is 0 Å². The molecule has 0 bridgehead atoms. The molecule has 0 saturated carbocycles. The second kappa shape index (κ2) is 9.17. The van der Waals surface area contributed by atoms with Crippen molar-refractivity contribution in [3.05, 3.63) is 86.4 Å². The van der Waals surface area contributed by atoms with E-state index in [1.807, 2.05) is 13.8 Å². The van der Waals surface area contributed by atoms with Gasteiger partial charge in [0.25, 0.3) is 5.56 Å². The third-order valence-corrected chi connectivity index (χ3v) is 3.81. The average Bonchev–Trinajstić information content (AvgIpc) is 2.74. The summed E-state index contributed by atoms with van der Waals surface area (Å²) in [6.07, 6.45) is -5.07. The zero-order valence-electron chi connectivity index (χ0n) is 16.3. The summed E-state index contributed by atoms with van der Waals surface area (Å²) in [6.45, 7) is 4.00. The van der Waals surface area contributed by atoms with Crippen LogP contribution >= 0.6 is 0 Å². The summed E-state index contributed by atoms with van der Waals surface area (Å²) in [4.78, 5) is 24.4. The molecule has 0 fully saturated rings. The number of nitriles is 1. The van der Waals surface area contributed by atoms with Crippen LogP contribution in [0.4, 0.5) is 17.6 Å². The van der Waals surface area contributed by atoms with E-state index < -0.39 is 34.6 Å². The van der Waals surface area contributed by atoms with E-state index >= 15 is 0 Å². The number of benzene rings is 2. The third-order valence-electron chi connectivity index (χ3n) is 3.81. The van der Waals surface area contributed by atoms with Gasteiger partial charge in [0.15, 0.2) is 5.69 Å². The SMILES string of the molecule is CC.N#Cc1cc(F)c(-n2c(=O)cc(C(F)(F)F)n(N)c2=O)cc1Oc1ccccc1. The van der Waals surface area contributed by atoms with Crippen molar-refractivity contribution in [1.29, 1.82) is 5.26 Å². The van der Waals surface area contributed by atoms with E-state index in [0.29, 0.717) is 6.07 Å². The molecule has 2 N–H and O–H groups in total. The van der Waals surface area contributed by atoms with Crippen LogP contribution in [0.3, 0.4) is 0 Å². The van der Waals surface area contributed by atoms with Gasteiger partial charge in [-0.15, -0.1) is 0 Å². The van der Waals surface area contributed by atoms with Gasteiger partial charge >= 0.3 is 11.9 Å². The van der Waals surface area contributed by atoms with E-state index in [0.717, 1.165) is 6.07 Å². The fraction of sp³-hybridized carbons (Fsp3) is 0.150. The third kappa shape index (κ3) is 4.75. The monoisotopic (exact) mass is 436 g/mol. The Morgan fingerprint density at radius 1 is 1.06 bits per heavy atom. The van der Waals surface area contributed by atoms with Crippen molar-refractivity contribution in [3.8, 4) is 23.3 Å². The number of hydrogen-bond donors (Lipinski definition) is 1. The maximum atomic E-state index is 14.5. The largest absolute Gasteiger partial charge is 0.456 e. The number of para-hydroxylation sites is 1. The number of ether oxygens (including phenoxy) is 1. The Bertz CT molecular complexity index is 1240. The van der Waals surface area contributed by atoms with Crippen molar-refractivity contribution in [2.75, 3.05) is 5.84 Å². The molecular formula is C20H16F4N4O3. The highest BCUT2D eigenvalue weighted by molar-refractivity contribution is 5.52. The summed E-state index contributed by atoms with van der Waals surface area (Å²) in [5, 5.41) is 9.19. The van der Waals surface area contributed by atoms with E-state index in [-0.39, 0.29) is 32.4 Å². The van der Waals surface area contributed by atoms with Crippen molar-refractivity contribution < 1.29 is 22.3 Å². The number of rotatable bonds is 3. The van der Waals surface area contributed by atoms with Crippen LogP contribution in [0, 0.1) is 17.1 Å². The van der Waals surface area contributed by atoms with Gasteiger partial charge in [0, 0.05) is 12.1 Å². The lowest BCUT2D eigenvalue weighted by molar-refractivity contribution is -0.143. The second-order valence-corrected chi connectivity index (χ2v) is 5.68. The molecule has 3 aromatic rings.